The molecular formula is C15H20N2O. The van der Waals surface area contributed by atoms with E-state index < -0.39 is 0 Å². The van der Waals surface area contributed by atoms with Gasteiger partial charge in [0.15, 0.2) is 0 Å². The summed E-state index contributed by atoms with van der Waals surface area (Å²) in [4.78, 5) is 18.8. The Balaban J connectivity index is 1.97. The molecule has 3 rings (SSSR count). The standard InChI is InChI=1S/C15H20N2O/c1-12(18)15(7-8-15)13-6-5-9-16-14(13)17-10-3-2-4-11-17/h5-6,9H,2-4,7-8,10-11H2,1H3. The molecule has 0 atom stereocenters. The van der Waals surface area contributed by atoms with Crippen molar-refractivity contribution in [2.45, 2.75) is 44.4 Å². The molecule has 2 fully saturated rings. The first-order valence-electron chi connectivity index (χ1n) is 6.95. The zero-order valence-corrected chi connectivity index (χ0v) is 11.0. The summed E-state index contributed by atoms with van der Waals surface area (Å²) in [6.07, 6.45) is 7.63. The molecule has 96 valence electrons. The number of ketones is 1. The number of piperidine rings is 1. The van der Waals surface area contributed by atoms with Gasteiger partial charge in [-0.1, -0.05) is 6.07 Å². The van der Waals surface area contributed by atoms with Crippen molar-refractivity contribution in [2.24, 2.45) is 0 Å². The molecule has 0 unspecified atom stereocenters. The van der Waals surface area contributed by atoms with Crippen molar-refractivity contribution in [2.75, 3.05) is 18.0 Å². The van der Waals surface area contributed by atoms with Crippen LogP contribution in [0.2, 0.25) is 0 Å². The predicted molar refractivity (Wildman–Crippen MR) is 71.9 cm³/mol. The fourth-order valence-electron chi connectivity index (χ4n) is 3.06. The lowest BCUT2D eigenvalue weighted by atomic mass is 9.92. The number of rotatable bonds is 3. The van der Waals surface area contributed by atoms with E-state index in [0.29, 0.717) is 5.78 Å². The SMILES string of the molecule is CC(=O)C1(c2cccnc2N2CCCCC2)CC1. The second-order valence-corrected chi connectivity index (χ2v) is 5.56. The van der Waals surface area contributed by atoms with E-state index in [1.807, 2.05) is 12.3 Å². The molecule has 0 spiro atoms. The van der Waals surface area contributed by atoms with Crippen molar-refractivity contribution in [3.63, 3.8) is 0 Å². The van der Waals surface area contributed by atoms with Crippen LogP contribution in [0.1, 0.15) is 44.6 Å². The molecule has 2 heterocycles. The number of nitrogens with zero attached hydrogens (tertiary/aromatic N) is 2. The highest BCUT2D eigenvalue weighted by atomic mass is 16.1. The second-order valence-electron chi connectivity index (χ2n) is 5.56. The first-order valence-corrected chi connectivity index (χ1v) is 6.95. The Kier molecular flexibility index (Phi) is 2.84. The molecule has 18 heavy (non-hydrogen) atoms. The summed E-state index contributed by atoms with van der Waals surface area (Å²) in [5, 5.41) is 0. The summed E-state index contributed by atoms with van der Waals surface area (Å²) in [7, 11) is 0. The molecule has 0 bridgehead atoms. The van der Waals surface area contributed by atoms with Crippen molar-refractivity contribution in [1.82, 2.24) is 4.98 Å². The number of Topliss-reactive ketones (excluding diaryl/α,β-unsaturated/α-hetero) is 1. The lowest BCUT2D eigenvalue weighted by Gasteiger charge is -2.30. The van der Waals surface area contributed by atoms with Crippen LogP contribution in [0.4, 0.5) is 5.82 Å². The summed E-state index contributed by atoms with van der Waals surface area (Å²) in [5.74, 6) is 1.36. The van der Waals surface area contributed by atoms with Gasteiger partial charge in [0.25, 0.3) is 0 Å². The van der Waals surface area contributed by atoms with Crippen LogP contribution in [0.15, 0.2) is 18.3 Å². The van der Waals surface area contributed by atoms with Gasteiger partial charge < -0.3 is 4.90 Å². The van der Waals surface area contributed by atoms with Gasteiger partial charge in [0, 0.05) is 24.8 Å². The van der Waals surface area contributed by atoms with E-state index in [1.165, 1.54) is 24.8 Å². The number of aromatic nitrogens is 1. The van der Waals surface area contributed by atoms with Crippen LogP contribution in [-0.4, -0.2) is 23.9 Å². The summed E-state index contributed by atoms with van der Waals surface area (Å²) in [6, 6.07) is 4.07. The maximum atomic E-state index is 11.9. The number of pyridine rings is 1. The average Bonchev–Trinajstić information content (AvgIpc) is 3.21. The van der Waals surface area contributed by atoms with Crippen LogP contribution in [0.5, 0.6) is 0 Å². The number of carbonyl (C=O) groups excluding carboxylic acids is 1. The first-order chi connectivity index (χ1) is 8.74. The van der Waals surface area contributed by atoms with Gasteiger partial charge >= 0.3 is 0 Å². The smallest absolute Gasteiger partial charge is 0.140 e. The van der Waals surface area contributed by atoms with Crippen LogP contribution in [0.25, 0.3) is 0 Å². The molecule has 0 aromatic carbocycles. The molecule has 1 saturated carbocycles. The lowest BCUT2D eigenvalue weighted by Crippen LogP contribution is -2.33. The van der Waals surface area contributed by atoms with Crippen LogP contribution < -0.4 is 4.90 Å². The van der Waals surface area contributed by atoms with Gasteiger partial charge in [0.05, 0.1) is 5.41 Å². The van der Waals surface area contributed by atoms with Gasteiger partial charge in [-0.2, -0.15) is 0 Å². The summed E-state index contributed by atoms with van der Waals surface area (Å²) < 4.78 is 0. The van der Waals surface area contributed by atoms with E-state index in [-0.39, 0.29) is 5.41 Å². The molecule has 0 radical (unpaired) electrons. The van der Waals surface area contributed by atoms with E-state index >= 15 is 0 Å². The average molecular weight is 244 g/mol. The number of hydrogen-bond acceptors (Lipinski definition) is 3. The summed E-state index contributed by atoms with van der Waals surface area (Å²) in [5.41, 5.74) is 0.959. The molecule has 2 aliphatic rings. The Morgan fingerprint density at radius 3 is 2.61 bits per heavy atom. The zero-order valence-electron chi connectivity index (χ0n) is 11.0. The fourth-order valence-corrected chi connectivity index (χ4v) is 3.06. The van der Waals surface area contributed by atoms with Gasteiger partial charge in [-0.3, -0.25) is 4.79 Å². The van der Waals surface area contributed by atoms with Crippen molar-refractivity contribution in [3.05, 3.63) is 23.9 Å². The minimum absolute atomic E-state index is 0.207. The third-order valence-electron chi connectivity index (χ3n) is 4.38. The van der Waals surface area contributed by atoms with Crippen LogP contribution >= 0.6 is 0 Å². The zero-order chi connectivity index (χ0) is 12.6. The highest BCUT2D eigenvalue weighted by Crippen LogP contribution is 2.51. The largest absolute Gasteiger partial charge is 0.356 e. The fraction of sp³-hybridized carbons (Fsp3) is 0.600. The van der Waals surface area contributed by atoms with Gasteiger partial charge in [0.2, 0.25) is 0 Å². The van der Waals surface area contributed by atoms with Crippen LogP contribution in [0, 0.1) is 0 Å². The van der Waals surface area contributed by atoms with Crippen molar-refractivity contribution in [3.8, 4) is 0 Å². The predicted octanol–water partition coefficient (Wildman–Crippen LogP) is 2.69. The molecule has 1 aromatic rings. The van der Waals surface area contributed by atoms with E-state index in [4.69, 9.17) is 0 Å². The molecule has 1 aliphatic heterocycles. The van der Waals surface area contributed by atoms with E-state index in [9.17, 15) is 4.79 Å². The maximum Gasteiger partial charge on any atom is 0.140 e. The highest BCUT2D eigenvalue weighted by molar-refractivity contribution is 5.92. The minimum atomic E-state index is -0.207. The van der Waals surface area contributed by atoms with Gasteiger partial charge in [-0.25, -0.2) is 4.98 Å². The van der Waals surface area contributed by atoms with Crippen molar-refractivity contribution in [1.29, 1.82) is 0 Å². The Morgan fingerprint density at radius 2 is 2.00 bits per heavy atom. The molecular weight excluding hydrogens is 224 g/mol. The lowest BCUT2D eigenvalue weighted by molar-refractivity contribution is -0.119. The number of anilines is 1. The van der Waals surface area contributed by atoms with Gasteiger partial charge in [-0.15, -0.1) is 0 Å². The summed E-state index contributed by atoms with van der Waals surface area (Å²) in [6.45, 7) is 3.88. The number of carbonyl (C=O) groups is 1. The Labute approximate surface area is 108 Å². The topological polar surface area (TPSA) is 33.2 Å². The highest BCUT2D eigenvalue weighted by Gasteiger charge is 2.50. The van der Waals surface area contributed by atoms with E-state index in [2.05, 4.69) is 16.0 Å². The Hall–Kier alpha value is -1.38. The maximum absolute atomic E-state index is 11.9. The third-order valence-corrected chi connectivity index (χ3v) is 4.38. The van der Waals surface area contributed by atoms with Gasteiger partial charge in [-0.05, 0) is 45.1 Å². The first kappa shape index (κ1) is 11.7. The molecule has 3 nitrogen and oxygen atoms in total. The van der Waals surface area contributed by atoms with Crippen LogP contribution in [0.3, 0.4) is 0 Å². The van der Waals surface area contributed by atoms with Crippen molar-refractivity contribution >= 4 is 11.6 Å². The molecule has 0 N–H and O–H groups in total. The molecule has 1 saturated heterocycles. The minimum Gasteiger partial charge on any atom is -0.356 e. The number of hydrogen-bond donors (Lipinski definition) is 0. The normalized spacial score (nSPS) is 21.7. The summed E-state index contributed by atoms with van der Waals surface area (Å²) >= 11 is 0. The second kappa shape index (κ2) is 4.38. The molecule has 1 aromatic heterocycles. The van der Waals surface area contributed by atoms with Crippen LogP contribution in [-0.2, 0) is 10.2 Å². The third kappa shape index (κ3) is 1.82. The molecule has 0 amide bonds. The van der Waals surface area contributed by atoms with E-state index in [0.717, 1.165) is 31.7 Å². The quantitative estimate of drug-likeness (QED) is 0.819. The van der Waals surface area contributed by atoms with E-state index in [1.54, 1.807) is 6.92 Å². The molecule has 1 aliphatic carbocycles. The van der Waals surface area contributed by atoms with Crippen molar-refractivity contribution < 1.29 is 4.79 Å². The molecule has 3 heteroatoms. The monoisotopic (exact) mass is 244 g/mol. The van der Waals surface area contributed by atoms with Gasteiger partial charge in [0.1, 0.15) is 11.6 Å². The Bertz CT molecular complexity index is 459. The Morgan fingerprint density at radius 1 is 1.28 bits per heavy atom.